The van der Waals surface area contributed by atoms with Gasteiger partial charge in [0.2, 0.25) is 0 Å². The molecule has 3 aromatic carbocycles. The SMILES string of the molecule is CC[C@H](Oc1ccccc1)C(=O)Nc1ccc(C)cc1NC(=O)[C@H](CC)Oc1ccccc1. The third kappa shape index (κ3) is 6.84. The Balaban J connectivity index is 1.72. The molecule has 0 saturated carbocycles. The molecule has 2 N–H and O–H groups in total. The highest BCUT2D eigenvalue weighted by molar-refractivity contribution is 6.02. The molecule has 6 nitrogen and oxygen atoms in total. The van der Waals surface area contributed by atoms with Crippen molar-refractivity contribution in [2.45, 2.75) is 45.8 Å². The van der Waals surface area contributed by atoms with Crippen molar-refractivity contribution in [3.63, 3.8) is 0 Å². The number of hydrogen-bond donors (Lipinski definition) is 2. The Kier molecular flexibility index (Phi) is 8.47. The minimum atomic E-state index is -0.665. The van der Waals surface area contributed by atoms with Crippen molar-refractivity contribution >= 4 is 23.2 Å². The van der Waals surface area contributed by atoms with Gasteiger partial charge >= 0.3 is 0 Å². The number of amides is 2. The van der Waals surface area contributed by atoms with Gasteiger partial charge in [-0.05, 0) is 61.7 Å². The number of hydrogen-bond acceptors (Lipinski definition) is 4. The number of anilines is 2. The van der Waals surface area contributed by atoms with E-state index in [0.29, 0.717) is 35.7 Å². The van der Waals surface area contributed by atoms with E-state index in [1.807, 2.05) is 93.6 Å². The molecule has 0 aromatic heterocycles. The predicted octanol–water partition coefficient (Wildman–Crippen LogP) is 5.59. The quantitative estimate of drug-likeness (QED) is 0.426. The van der Waals surface area contributed by atoms with Crippen LogP contribution in [0.4, 0.5) is 11.4 Å². The molecule has 0 aliphatic rings. The highest BCUT2D eigenvalue weighted by Crippen LogP contribution is 2.25. The standard InChI is InChI=1S/C27H30N2O4/c1-4-24(32-20-12-8-6-9-13-20)26(30)28-22-17-16-19(3)18-23(22)29-27(31)25(5-2)33-21-14-10-7-11-15-21/h6-18,24-25H,4-5H2,1-3H3,(H,28,30)(H,29,31)/t24-,25-/m0/s1. The first-order valence-electron chi connectivity index (χ1n) is 11.2. The average molecular weight is 447 g/mol. The molecular formula is C27H30N2O4. The Morgan fingerprint density at radius 1 is 0.697 bits per heavy atom. The summed E-state index contributed by atoms with van der Waals surface area (Å²) in [6.45, 7) is 5.70. The normalized spacial score (nSPS) is 12.3. The fourth-order valence-electron chi connectivity index (χ4n) is 3.27. The highest BCUT2D eigenvalue weighted by atomic mass is 16.5. The maximum atomic E-state index is 13.0. The Bertz CT molecular complexity index is 1050. The van der Waals surface area contributed by atoms with Crippen molar-refractivity contribution in [1.29, 1.82) is 0 Å². The molecule has 0 aliphatic carbocycles. The zero-order valence-electron chi connectivity index (χ0n) is 19.2. The van der Waals surface area contributed by atoms with Crippen LogP contribution in [0, 0.1) is 6.92 Å². The number of para-hydroxylation sites is 2. The van der Waals surface area contributed by atoms with Crippen molar-refractivity contribution < 1.29 is 19.1 Å². The summed E-state index contributed by atoms with van der Waals surface area (Å²) in [6, 6.07) is 23.9. The summed E-state index contributed by atoms with van der Waals surface area (Å²) in [5.74, 6) is 0.685. The number of nitrogens with one attached hydrogen (secondary N) is 2. The first-order chi connectivity index (χ1) is 16.0. The van der Waals surface area contributed by atoms with Gasteiger partial charge in [-0.2, -0.15) is 0 Å². The van der Waals surface area contributed by atoms with Crippen LogP contribution < -0.4 is 20.1 Å². The molecule has 0 spiro atoms. The topological polar surface area (TPSA) is 76.7 Å². The molecule has 6 heteroatoms. The number of rotatable bonds is 10. The number of carbonyl (C=O) groups excluding carboxylic acids is 2. The summed E-state index contributed by atoms with van der Waals surface area (Å²) in [6.07, 6.45) is -0.336. The maximum Gasteiger partial charge on any atom is 0.265 e. The minimum Gasteiger partial charge on any atom is -0.481 e. The lowest BCUT2D eigenvalue weighted by Crippen LogP contribution is -2.34. The lowest BCUT2D eigenvalue weighted by Gasteiger charge is -2.21. The lowest BCUT2D eigenvalue weighted by atomic mass is 10.1. The van der Waals surface area contributed by atoms with E-state index in [2.05, 4.69) is 10.6 Å². The summed E-state index contributed by atoms with van der Waals surface area (Å²) in [5, 5.41) is 5.82. The largest absolute Gasteiger partial charge is 0.481 e. The molecule has 33 heavy (non-hydrogen) atoms. The summed E-state index contributed by atoms with van der Waals surface area (Å²) in [4.78, 5) is 25.9. The van der Waals surface area contributed by atoms with Gasteiger partial charge in [-0.3, -0.25) is 9.59 Å². The van der Waals surface area contributed by atoms with Gasteiger partial charge in [-0.25, -0.2) is 0 Å². The third-order valence-electron chi connectivity index (χ3n) is 5.06. The first kappa shape index (κ1) is 23.9. The van der Waals surface area contributed by atoms with Crippen LogP contribution >= 0.6 is 0 Å². The van der Waals surface area contributed by atoms with Gasteiger partial charge in [-0.15, -0.1) is 0 Å². The number of aryl methyl sites for hydroxylation is 1. The van der Waals surface area contributed by atoms with Crippen LogP contribution in [0.1, 0.15) is 32.3 Å². The van der Waals surface area contributed by atoms with Crippen molar-refractivity contribution in [3.05, 3.63) is 84.4 Å². The molecule has 0 unspecified atom stereocenters. The van der Waals surface area contributed by atoms with E-state index in [-0.39, 0.29) is 11.8 Å². The monoisotopic (exact) mass is 446 g/mol. The predicted molar refractivity (Wildman–Crippen MR) is 131 cm³/mol. The number of benzene rings is 3. The van der Waals surface area contributed by atoms with Gasteiger partial charge in [0, 0.05) is 0 Å². The molecule has 0 heterocycles. The fraction of sp³-hybridized carbons (Fsp3) is 0.259. The van der Waals surface area contributed by atoms with Gasteiger partial charge in [0.1, 0.15) is 11.5 Å². The van der Waals surface area contributed by atoms with Crippen molar-refractivity contribution in [1.82, 2.24) is 0 Å². The zero-order chi connectivity index (χ0) is 23.6. The number of carbonyl (C=O) groups is 2. The zero-order valence-corrected chi connectivity index (χ0v) is 19.2. The molecule has 3 aromatic rings. The van der Waals surface area contributed by atoms with Crippen LogP contribution in [0.25, 0.3) is 0 Å². The lowest BCUT2D eigenvalue weighted by molar-refractivity contribution is -0.123. The fourth-order valence-corrected chi connectivity index (χ4v) is 3.27. The summed E-state index contributed by atoms with van der Waals surface area (Å²) in [5.41, 5.74) is 1.97. The van der Waals surface area contributed by atoms with Crippen LogP contribution in [0.5, 0.6) is 11.5 Å². The summed E-state index contributed by atoms with van der Waals surface area (Å²) < 4.78 is 11.7. The van der Waals surface area contributed by atoms with E-state index in [0.717, 1.165) is 5.56 Å². The second-order valence-electron chi connectivity index (χ2n) is 7.68. The van der Waals surface area contributed by atoms with E-state index in [1.54, 1.807) is 6.07 Å². The van der Waals surface area contributed by atoms with Gasteiger partial charge in [0.15, 0.2) is 12.2 Å². The molecule has 0 fully saturated rings. The third-order valence-corrected chi connectivity index (χ3v) is 5.06. The average Bonchev–Trinajstić information content (AvgIpc) is 2.83. The van der Waals surface area contributed by atoms with Gasteiger partial charge < -0.3 is 20.1 Å². The molecule has 2 atom stereocenters. The molecule has 3 rings (SSSR count). The second-order valence-corrected chi connectivity index (χ2v) is 7.68. The molecule has 0 saturated heterocycles. The Hall–Kier alpha value is -3.80. The smallest absolute Gasteiger partial charge is 0.265 e. The van der Waals surface area contributed by atoms with E-state index >= 15 is 0 Å². The van der Waals surface area contributed by atoms with E-state index in [9.17, 15) is 9.59 Å². The minimum absolute atomic E-state index is 0.282. The van der Waals surface area contributed by atoms with Crippen LogP contribution in [0.15, 0.2) is 78.9 Å². The van der Waals surface area contributed by atoms with Crippen LogP contribution in [-0.4, -0.2) is 24.0 Å². The van der Waals surface area contributed by atoms with E-state index < -0.39 is 12.2 Å². The van der Waals surface area contributed by atoms with Crippen molar-refractivity contribution in [2.75, 3.05) is 10.6 Å². The van der Waals surface area contributed by atoms with E-state index in [4.69, 9.17) is 9.47 Å². The van der Waals surface area contributed by atoms with Gasteiger partial charge in [-0.1, -0.05) is 56.3 Å². The number of ether oxygens (including phenoxy) is 2. The first-order valence-corrected chi connectivity index (χ1v) is 11.2. The van der Waals surface area contributed by atoms with Crippen LogP contribution in [0.2, 0.25) is 0 Å². The second kappa shape index (κ2) is 11.7. The molecule has 2 amide bonds. The van der Waals surface area contributed by atoms with E-state index in [1.165, 1.54) is 0 Å². The van der Waals surface area contributed by atoms with Crippen molar-refractivity contribution in [3.8, 4) is 11.5 Å². The maximum absolute atomic E-state index is 13.0. The highest BCUT2D eigenvalue weighted by Gasteiger charge is 2.22. The molecule has 0 radical (unpaired) electrons. The molecule has 0 bridgehead atoms. The van der Waals surface area contributed by atoms with Gasteiger partial charge in [0.05, 0.1) is 11.4 Å². The molecular weight excluding hydrogens is 416 g/mol. The van der Waals surface area contributed by atoms with Crippen LogP contribution in [-0.2, 0) is 9.59 Å². The molecule has 172 valence electrons. The Morgan fingerprint density at radius 3 is 1.61 bits per heavy atom. The summed E-state index contributed by atoms with van der Waals surface area (Å²) in [7, 11) is 0. The van der Waals surface area contributed by atoms with Crippen LogP contribution in [0.3, 0.4) is 0 Å². The molecule has 0 aliphatic heterocycles. The van der Waals surface area contributed by atoms with Gasteiger partial charge in [0.25, 0.3) is 11.8 Å². The Morgan fingerprint density at radius 2 is 1.15 bits per heavy atom. The Labute approximate surface area is 194 Å². The summed E-state index contributed by atoms with van der Waals surface area (Å²) >= 11 is 0. The van der Waals surface area contributed by atoms with Crippen molar-refractivity contribution in [2.24, 2.45) is 0 Å².